The van der Waals surface area contributed by atoms with E-state index in [2.05, 4.69) is 10.3 Å². The quantitative estimate of drug-likeness (QED) is 0.510. The predicted molar refractivity (Wildman–Crippen MR) is 103 cm³/mol. The first-order valence-corrected chi connectivity index (χ1v) is 8.77. The van der Waals surface area contributed by atoms with Crippen LogP contribution in [-0.2, 0) is 0 Å². The highest BCUT2D eigenvalue weighted by Crippen LogP contribution is 2.29. The fraction of sp³-hybridized carbons (Fsp3) is 0.0500. The summed E-state index contributed by atoms with van der Waals surface area (Å²) >= 11 is 1.61. The molecule has 122 valence electrons. The predicted octanol–water partition coefficient (Wildman–Crippen LogP) is 5.30. The Bertz CT molecular complexity index is 1040. The SMILES string of the molecule is CC(=O)c1ccc(Nc2nc(-c3cccs3)nc3ccccc23)cc1. The fourth-order valence-corrected chi connectivity index (χ4v) is 3.27. The highest BCUT2D eigenvalue weighted by molar-refractivity contribution is 7.13. The molecule has 0 atom stereocenters. The van der Waals surface area contributed by atoms with E-state index in [1.54, 1.807) is 18.3 Å². The Labute approximate surface area is 149 Å². The molecule has 2 aromatic heterocycles. The number of thiophene rings is 1. The van der Waals surface area contributed by atoms with E-state index in [1.807, 2.05) is 66.0 Å². The minimum Gasteiger partial charge on any atom is -0.340 e. The third-order valence-corrected chi connectivity index (χ3v) is 4.76. The van der Waals surface area contributed by atoms with Crippen LogP contribution in [0.3, 0.4) is 0 Å². The van der Waals surface area contributed by atoms with Crippen LogP contribution >= 0.6 is 11.3 Å². The lowest BCUT2D eigenvalue weighted by Gasteiger charge is -2.10. The smallest absolute Gasteiger partial charge is 0.172 e. The average molecular weight is 345 g/mol. The third-order valence-electron chi connectivity index (χ3n) is 3.90. The molecule has 4 nitrogen and oxygen atoms in total. The van der Waals surface area contributed by atoms with Crippen molar-refractivity contribution in [3.05, 3.63) is 71.6 Å². The summed E-state index contributed by atoms with van der Waals surface area (Å²) in [6.45, 7) is 1.56. The summed E-state index contributed by atoms with van der Waals surface area (Å²) in [5, 5.41) is 6.33. The Hall–Kier alpha value is -3.05. The number of carbonyl (C=O) groups is 1. The number of para-hydroxylation sites is 1. The van der Waals surface area contributed by atoms with Crippen molar-refractivity contribution in [1.29, 1.82) is 0 Å². The number of aromatic nitrogens is 2. The molecule has 0 radical (unpaired) electrons. The molecule has 1 N–H and O–H groups in total. The zero-order chi connectivity index (χ0) is 17.2. The Morgan fingerprint density at radius 1 is 0.960 bits per heavy atom. The normalized spacial score (nSPS) is 10.8. The van der Waals surface area contributed by atoms with E-state index in [4.69, 9.17) is 4.98 Å². The van der Waals surface area contributed by atoms with Crippen molar-refractivity contribution in [3.63, 3.8) is 0 Å². The Kier molecular flexibility index (Phi) is 3.99. The Morgan fingerprint density at radius 3 is 2.48 bits per heavy atom. The fourth-order valence-electron chi connectivity index (χ4n) is 2.61. The standard InChI is InChI=1S/C20H15N3OS/c1-13(24)14-8-10-15(11-9-14)21-19-16-5-2-3-6-17(16)22-20(23-19)18-7-4-12-25-18/h2-12H,1H3,(H,21,22,23). The van der Waals surface area contributed by atoms with Gasteiger partial charge in [0.05, 0.1) is 10.4 Å². The van der Waals surface area contributed by atoms with Crippen molar-refractivity contribution in [3.8, 4) is 10.7 Å². The molecular formula is C20H15N3OS. The van der Waals surface area contributed by atoms with Gasteiger partial charge in [0.1, 0.15) is 5.82 Å². The first-order chi connectivity index (χ1) is 12.2. The number of hydrogen-bond donors (Lipinski definition) is 1. The molecular weight excluding hydrogens is 330 g/mol. The number of carbonyl (C=O) groups excluding carboxylic acids is 1. The van der Waals surface area contributed by atoms with E-state index >= 15 is 0 Å². The molecule has 25 heavy (non-hydrogen) atoms. The molecule has 0 aliphatic rings. The summed E-state index contributed by atoms with van der Waals surface area (Å²) < 4.78 is 0. The molecule has 0 fully saturated rings. The van der Waals surface area contributed by atoms with E-state index in [1.165, 1.54) is 0 Å². The van der Waals surface area contributed by atoms with Crippen molar-refractivity contribution < 1.29 is 4.79 Å². The largest absolute Gasteiger partial charge is 0.340 e. The summed E-state index contributed by atoms with van der Waals surface area (Å²) in [4.78, 5) is 21.8. The van der Waals surface area contributed by atoms with Gasteiger partial charge in [-0.2, -0.15) is 0 Å². The van der Waals surface area contributed by atoms with Gasteiger partial charge in [-0.25, -0.2) is 9.97 Å². The number of hydrogen-bond acceptors (Lipinski definition) is 5. The van der Waals surface area contributed by atoms with Gasteiger partial charge in [-0.1, -0.05) is 18.2 Å². The highest BCUT2D eigenvalue weighted by atomic mass is 32.1. The van der Waals surface area contributed by atoms with Crippen molar-refractivity contribution in [2.45, 2.75) is 6.92 Å². The van der Waals surface area contributed by atoms with Gasteiger partial charge in [0.2, 0.25) is 0 Å². The van der Waals surface area contributed by atoms with E-state index in [9.17, 15) is 4.79 Å². The van der Waals surface area contributed by atoms with E-state index in [-0.39, 0.29) is 5.78 Å². The monoisotopic (exact) mass is 345 g/mol. The zero-order valence-electron chi connectivity index (χ0n) is 13.6. The molecule has 0 aliphatic carbocycles. The molecule has 5 heteroatoms. The number of Topliss-reactive ketones (excluding diaryl/α,β-unsaturated/α-hetero) is 1. The summed E-state index contributed by atoms with van der Waals surface area (Å²) in [5.74, 6) is 1.51. The molecule has 2 heterocycles. The topological polar surface area (TPSA) is 54.9 Å². The van der Waals surface area contributed by atoms with Crippen molar-refractivity contribution in [1.82, 2.24) is 9.97 Å². The van der Waals surface area contributed by atoms with Gasteiger partial charge >= 0.3 is 0 Å². The van der Waals surface area contributed by atoms with Crippen LogP contribution in [0.5, 0.6) is 0 Å². The molecule has 0 spiro atoms. The van der Waals surface area contributed by atoms with Gasteiger partial charge in [0, 0.05) is 16.6 Å². The number of fused-ring (bicyclic) bond motifs is 1. The Morgan fingerprint density at radius 2 is 1.76 bits per heavy atom. The maximum absolute atomic E-state index is 11.4. The van der Waals surface area contributed by atoms with Crippen LogP contribution in [-0.4, -0.2) is 15.8 Å². The molecule has 0 aliphatic heterocycles. The molecule has 0 saturated heterocycles. The number of nitrogens with one attached hydrogen (secondary N) is 1. The van der Waals surface area contributed by atoms with E-state index in [0.29, 0.717) is 11.4 Å². The molecule has 0 unspecified atom stereocenters. The van der Waals surface area contributed by atoms with Crippen molar-refractivity contribution >= 4 is 39.5 Å². The number of benzene rings is 2. The summed E-state index contributed by atoms with van der Waals surface area (Å²) in [5.41, 5.74) is 2.46. The van der Waals surface area contributed by atoms with Crippen LogP contribution in [0.4, 0.5) is 11.5 Å². The zero-order valence-corrected chi connectivity index (χ0v) is 14.4. The molecule has 0 bridgehead atoms. The lowest BCUT2D eigenvalue weighted by Crippen LogP contribution is -1.99. The molecule has 4 aromatic rings. The number of anilines is 2. The first kappa shape index (κ1) is 15.5. The highest BCUT2D eigenvalue weighted by Gasteiger charge is 2.10. The van der Waals surface area contributed by atoms with Gasteiger partial charge in [-0.05, 0) is 54.8 Å². The lowest BCUT2D eigenvalue weighted by molar-refractivity contribution is 0.101. The Balaban J connectivity index is 1.78. The van der Waals surface area contributed by atoms with Crippen LogP contribution in [0.2, 0.25) is 0 Å². The average Bonchev–Trinajstić information content (AvgIpc) is 3.17. The summed E-state index contributed by atoms with van der Waals surface area (Å²) in [6.07, 6.45) is 0. The van der Waals surface area contributed by atoms with E-state index in [0.717, 1.165) is 27.3 Å². The van der Waals surface area contributed by atoms with Gasteiger partial charge in [0.15, 0.2) is 11.6 Å². The molecule has 0 saturated carbocycles. The van der Waals surface area contributed by atoms with Gasteiger partial charge in [-0.15, -0.1) is 11.3 Å². The summed E-state index contributed by atoms with van der Waals surface area (Å²) in [6, 6.07) is 19.3. The minimum atomic E-state index is 0.0546. The van der Waals surface area contributed by atoms with Gasteiger partial charge in [-0.3, -0.25) is 4.79 Å². The van der Waals surface area contributed by atoms with Gasteiger partial charge in [0.25, 0.3) is 0 Å². The second-order valence-corrected chi connectivity index (χ2v) is 6.60. The van der Waals surface area contributed by atoms with Gasteiger partial charge < -0.3 is 5.32 Å². The molecule has 4 rings (SSSR count). The van der Waals surface area contributed by atoms with Crippen LogP contribution in [0.15, 0.2) is 66.0 Å². The first-order valence-electron chi connectivity index (χ1n) is 7.89. The minimum absolute atomic E-state index is 0.0546. The second-order valence-electron chi connectivity index (χ2n) is 5.65. The lowest BCUT2D eigenvalue weighted by atomic mass is 10.1. The van der Waals surface area contributed by atoms with E-state index < -0.39 is 0 Å². The van der Waals surface area contributed by atoms with Crippen LogP contribution in [0.1, 0.15) is 17.3 Å². The maximum Gasteiger partial charge on any atom is 0.172 e. The van der Waals surface area contributed by atoms with Crippen molar-refractivity contribution in [2.24, 2.45) is 0 Å². The molecule has 2 aromatic carbocycles. The molecule has 0 amide bonds. The van der Waals surface area contributed by atoms with Crippen LogP contribution in [0.25, 0.3) is 21.6 Å². The third kappa shape index (κ3) is 3.14. The maximum atomic E-state index is 11.4. The van der Waals surface area contributed by atoms with Crippen LogP contribution in [0, 0.1) is 0 Å². The van der Waals surface area contributed by atoms with Crippen molar-refractivity contribution in [2.75, 3.05) is 5.32 Å². The number of nitrogens with zero attached hydrogens (tertiary/aromatic N) is 2. The number of ketones is 1. The van der Waals surface area contributed by atoms with Crippen LogP contribution < -0.4 is 5.32 Å². The number of rotatable bonds is 4. The summed E-state index contributed by atoms with van der Waals surface area (Å²) in [7, 11) is 0. The second kappa shape index (κ2) is 6.45.